The first-order valence-electron chi connectivity index (χ1n) is 8.06. The zero-order valence-corrected chi connectivity index (χ0v) is 14.8. The van der Waals surface area contributed by atoms with E-state index in [1.165, 1.54) is 14.0 Å². The molecule has 25 heavy (non-hydrogen) atoms. The second-order valence-electron chi connectivity index (χ2n) is 5.73. The molecule has 6 nitrogen and oxygen atoms in total. The number of ketones is 1. The first kappa shape index (κ1) is 18.4. The van der Waals surface area contributed by atoms with Crippen LogP contribution in [0.5, 0.6) is 0 Å². The molecule has 132 valence electrons. The van der Waals surface area contributed by atoms with Crippen molar-refractivity contribution in [2.45, 2.75) is 33.2 Å². The number of carbonyl (C=O) groups excluding carboxylic acids is 3. The lowest BCUT2D eigenvalue weighted by molar-refractivity contribution is -0.143. The van der Waals surface area contributed by atoms with Gasteiger partial charge in [0.15, 0.2) is 11.8 Å². The molecule has 0 radical (unpaired) electrons. The normalized spacial score (nSPS) is 11.7. The Bertz CT molecular complexity index is 793. The highest BCUT2D eigenvalue weighted by molar-refractivity contribution is 6.03. The van der Waals surface area contributed by atoms with E-state index in [-0.39, 0.29) is 5.78 Å². The minimum atomic E-state index is -0.923. The van der Waals surface area contributed by atoms with Gasteiger partial charge in [0.05, 0.1) is 7.11 Å². The van der Waals surface area contributed by atoms with Crippen LogP contribution in [0.1, 0.15) is 57.6 Å². The van der Waals surface area contributed by atoms with Crippen molar-refractivity contribution >= 4 is 17.7 Å². The van der Waals surface area contributed by atoms with Crippen molar-refractivity contribution < 1.29 is 19.1 Å². The molecule has 2 aromatic rings. The Morgan fingerprint density at radius 2 is 1.84 bits per heavy atom. The Labute approximate surface area is 146 Å². The van der Waals surface area contributed by atoms with Crippen molar-refractivity contribution in [2.24, 2.45) is 0 Å². The molecule has 0 fully saturated rings. The topological polar surface area (TPSA) is 88.3 Å². The van der Waals surface area contributed by atoms with Gasteiger partial charge in [0, 0.05) is 11.3 Å². The number of aryl methyl sites for hydroxylation is 1. The van der Waals surface area contributed by atoms with Crippen LogP contribution in [-0.2, 0) is 16.0 Å². The molecule has 1 aromatic carbocycles. The van der Waals surface area contributed by atoms with Crippen molar-refractivity contribution in [3.8, 4) is 0 Å². The van der Waals surface area contributed by atoms with Crippen molar-refractivity contribution in [1.29, 1.82) is 0 Å². The number of hydrogen-bond acceptors (Lipinski definition) is 4. The summed E-state index contributed by atoms with van der Waals surface area (Å²) < 4.78 is 4.81. The molecule has 0 bridgehead atoms. The first-order chi connectivity index (χ1) is 11.9. The third-order valence-electron chi connectivity index (χ3n) is 4.07. The lowest BCUT2D eigenvalue weighted by atomic mass is 10.0. The van der Waals surface area contributed by atoms with Gasteiger partial charge in [-0.05, 0) is 31.4 Å². The van der Waals surface area contributed by atoms with E-state index in [2.05, 4.69) is 10.3 Å². The zero-order chi connectivity index (χ0) is 18.6. The van der Waals surface area contributed by atoms with E-state index < -0.39 is 17.9 Å². The van der Waals surface area contributed by atoms with E-state index in [4.69, 9.17) is 4.74 Å². The maximum atomic E-state index is 12.8. The fraction of sp³-hybridized carbons (Fsp3) is 0.316. The maximum absolute atomic E-state index is 12.8. The van der Waals surface area contributed by atoms with Gasteiger partial charge in [0.2, 0.25) is 0 Å². The molecule has 6 heteroatoms. The van der Waals surface area contributed by atoms with E-state index in [0.29, 0.717) is 34.5 Å². The first-order valence-corrected chi connectivity index (χ1v) is 8.06. The number of esters is 1. The Kier molecular flexibility index (Phi) is 5.75. The summed E-state index contributed by atoms with van der Waals surface area (Å²) in [7, 11) is 1.27. The second-order valence-corrected chi connectivity index (χ2v) is 5.73. The van der Waals surface area contributed by atoms with Crippen LogP contribution in [0, 0.1) is 6.92 Å². The molecule has 0 aliphatic carbocycles. The number of methoxy groups -OCH3 is 1. The minimum absolute atomic E-state index is 0.0998. The number of benzene rings is 1. The Morgan fingerprint density at radius 3 is 2.36 bits per heavy atom. The molecule has 2 N–H and O–H groups in total. The summed E-state index contributed by atoms with van der Waals surface area (Å²) in [4.78, 5) is 39.7. The molecule has 1 heterocycles. The molecular weight excluding hydrogens is 320 g/mol. The smallest absolute Gasteiger partial charge is 0.333 e. The number of H-pyrrole nitrogens is 1. The van der Waals surface area contributed by atoms with Gasteiger partial charge < -0.3 is 15.0 Å². The van der Waals surface area contributed by atoms with Gasteiger partial charge in [0.25, 0.3) is 5.91 Å². The number of hydrogen-bond donors (Lipinski definition) is 2. The predicted molar refractivity (Wildman–Crippen MR) is 93.6 cm³/mol. The largest absolute Gasteiger partial charge is 0.467 e. The van der Waals surface area contributed by atoms with Gasteiger partial charge in [-0.1, -0.05) is 37.3 Å². The number of rotatable bonds is 6. The number of ether oxygens (including phenoxy) is 1. The predicted octanol–water partition coefficient (Wildman–Crippen LogP) is 2.73. The van der Waals surface area contributed by atoms with E-state index in [1.54, 1.807) is 31.2 Å². The highest BCUT2D eigenvalue weighted by Gasteiger charge is 2.27. The monoisotopic (exact) mass is 342 g/mol. The summed E-state index contributed by atoms with van der Waals surface area (Å²) in [5.41, 5.74) is 2.75. The second kappa shape index (κ2) is 7.79. The van der Waals surface area contributed by atoms with Crippen molar-refractivity contribution in [2.75, 3.05) is 7.11 Å². The highest BCUT2D eigenvalue weighted by atomic mass is 16.5. The standard InChI is InChI=1S/C19H22N2O4/c1-5-14-15(12(3)22)11(2)20-17(14)18(23)21-16(19(24)25-4)13-9-7-6-8-10-13/h6-10,16,20H,5H2,1-4H3,(H,21,23)/t16-/m1/s1. The van der Waals surface area contributed by atoms with Crippen LogP contribution in [0.4, 0.5) is 0 Å². The SMILES string of the molecule is CCc1c(C(=O)N[C@@H](C(=O)OC)c2ccccc2)[nH]c(C)c1C(C)=O. The molecule has 0 spiro atoms. The summed E-state index contributed by atoms with van der Waals surface area (Å²) in [6.45, 7) is 5.10. The lowest BCUT2D eigenvalue weighted by Gasteiger charge is -2.17. The molecule has 1 atom stereocenters. The van der Waals surface area contributed by atoms with Crippen molar-refractivity contribution in [3.63, 3.8) is 0 Å². The van der Waals surface area contributed by atoms with Crippen LogP contribution >= 0.6 is 0 Å². The molecule has 0 saturated carbocycles. The number of aromatic nitrogens is 1. The van der Waals surface area contributed by atoms with Gasteiger partial charge in [-0.15, -0.1) is 0 Å². The third-order valence-corrected chi connectivity index (χ3v) is 4.07. The quantitative estimate of drug-likeness (QED) is 0.624. The summed E-state index contributed by atoms with van der Waals surface area (Å²) in [6, 6.07) is 7.94. The molecular formula is C19H22N2O4. The summed E-state index contributed by atoms with van der Waals surface area (Å²) in [6.07, 6.45) is 0.524. The Morgan fingerprint density at radius 1 is 1.20 bits per heavy atom. The van der Waals surface area contributed by atoms with Gasteiger partial charge in [0.1, 0.15) is 5.69 Å². The zero-order valence-electron chi connectivity index (χ0n) is 14.8. The average molecular weight is 342 g/mol. The minimum Gasteiger partial charge on any atom is -0.467 e. The highest BCUT2D eigenvalue weighted by Crippen LogP contribution is 2.22. The molecule has 0 aliphatic heterocycles. The third kappa shape index (κ3) is 3.79. The maximum Gasteiger partial charge on any atom is 0.333 e. The van der Waals surface area contributed by atoms with Gasteiger partial charge in [-0.3, -0.25) is 9.59 Å². The van der Waals surface area contributed by atoms with Crippen molar-refractivity contribution in [3.05, 3.63) is 58.4 Å². The van der Waals surface area contributed by atoms with E-state index >= 15 is 0 Å². The van der Waals surface area contributed by atoms with E-state index in [0.717, 1.165) is 0 Å². The van der Waals surface area contributed by atoms with E-state index in [9.17, 15) is 14.4 Å². The van der Waals surface area contributed by atoms with Gasteiger partial charge in [-0.25, -0.2) is 4.79 Å². The number of aromatic amines is 1. The summed E-state index contributed by atoms with van der Waals surface area (Å²) in [5.74, 6) is -1.11. The van der Waals surface area contributed by atoms with E-state index in [1.807, 2.05) is 13.0 Å². The molecule has 1 amide bonds. The fourth-order valence-corrected chi connectivity index (χ4v) is 2.95. The molecule has 0 saturated heterocycles. The van der Waals surface area contributed by atoms with Crippen molar-refractivity contribution in [1.82, 2.24) is 10.3 Å². The number of carbonyl (C=O) groups is 3. The van der Waals surface area contributed by atoms with Gasteiger partial charge in [-0.2, -0.15) is 0 Å². The molecule has 0 aliphatic rings. The van der Waals surface area contributed by atoms with Crippen LogP contribution in [-0.4, -0.2) is 29.8 Å². The Balaban J connectivity index is 2.38. The molecule has 0 unspecified atom stereocenters. The number of nitrogens with one attached hydrogen (secondary N) is 2. The summed E-state index contributed by atoms with van der Waals surface area (Å²) >= 11 is 0. The number of amides is 1. The number of Topliss-reactive ketones (excluding diaryl/α,β-unsaturated/α-hetero) is 1. The molecule has 2 rings (SSSR count). The molecule has 1 aromatic heterocycles. The lowest BCUT2D eigenvalue weighted by Crippen LogP contribution is -2.35. The van der Waals surface area contributed by atoms with Crippen LogP contribution in [0.25, 0.3) is 0 Å². The van der Waals surface area contributed by atoms with Gasteiger partial charge >= 0.3 is 5.97 Å². The van der Waals surface area contributed by atoms with Crippen LogP contribution in [0.3, 0.4) is 0 Å². The average Bonchev–Trinajstić information content (AvgIpc) is 2.96. The summed E-state index contributed by atoms with van der Waals surface area (Å²) in [5, 5.41) is 2.70. The van der Waals surface area contributed by atoms with Crippen LogP contribution in [0.15, 0.2) is 30.3 Å². The Hall–Kier alpha value is -2.89. The fourth-order valence-electron chi connectivity index (χ4n) is 2.95. The van der Waals surface area contributed by atoms with Crippen LogP contribution < -0.4 is 5.32 Å². The van der Waals surface area contributed by atoms with Crippen LogP contribution in [0.2, 0.25) is 0 Å².